The molecule has 0 spiro atoms. The Morgan fingerprint density at radius 3 is 2.70 bits per heavy atom. The van der Waals surface area contributed by atoms with Crippen LogP contribution in [0.3, 0.4) is 0 Å². The molecule has 1 saturated heterocycles. The number of Topliss-reactive ketones (excluding diaryl/α,β-unsaturated/α-hetero) is 1. The maximum absolute atomic E-state index is 12.2. The van der Waals surface area contributed by atoms with Crippen molar-refractivity contribution in [3.8, 4) is 0 Å². The number of ketones is 1. The van der Waals surface area contributed by atoms with E-state index >= 15 is 0 Å². The maximum atomic E-state index is 12.2. The van der Waals surface area contributed by atoms with Gasteiger partial charge in [0.2, 0.25) is 0 Å². The second-order valence-electron chi connectivity index (χ2n) is 12.4. The lowest BCUT2D eigenvalue weighted by Crippen LogP contribution is -2.53. The zero-order valence-corrected chi connectivity index (χ0v) is 20.8. The van der Waals surface area contributed by atoms with Crippen molar-refractivity contribution in [1.29, 1.82) is 0 Å². The summed E-state index contributed by atoms with van der Waals surface area (Å²) in [6, 6.07) is 0.353. The number of nitrogens with zero attached hydrogens (tertiary/aromatic N) is 1. The van der Waals surface area contributed by atoms with Crippen LogP contribution in [-0.4, -0.2) is 36.7 Å². The highest BCUT2D eigenvalue weighted by molar-refractivity contribution is 5.85. The Morgan fingerprint density at radius 1 is 1.09 bits per heavy atom. The minimum absolute atomic E-state index is 0.246. The molecule has 5 fully saturated rings. The van der Waals surface area contributed by atoms with Crippen LogP contribution in [-0.2, 0) is 9.63 Å². The molecular weight excluding hydrogens is 414 g/mol. The van der Waals surface area contributed by atoms with Crippen LogP contribution >= 0.6 is 0 Å². The van der Waals surface area contributed by atoms with Crippen molar-refractivity contribution in [3.63, 3.8) is 0 Å². The summed E-state index contributed by atoms with van der Waals surface area (Å²) in [5.41, 5.74) is 1.58. The van der Waals surface area contributed by atoms with Gasteiger partial charge in [-0.15, -0.1) is 0 Å². The Hall–Kier alpha value is -1.43. The van der Waals surface area contributed by atoms with E-state index in [1.165, 1.54) is 38.5 Å². The van der Waals surface area contributed by atoms with Gasteiger partial charge in [-0.1, -0.05) is 19.0 Å². The van der Waals surface area contributed by atoms with Crippen LogP contribution in [0.2, 0.25) is 0 Å². The highest BCUT2D eigenvalue weighted by Crippen LogP contribution is 2.67. The first-order valence-corrected chi connectivity index (χ1v) is 13.6. The van der Waals surface area contributed by atoms with E-state index in [9.17, 15) is 9.59 Å². The lowest BCUT2D eigenvalue weighted by molar-refractivity contribution is -0.138. The number of carbonyl (C=O) groups excluding carboxylic acids is 2. The van der Waals surface area contributed by atoms with Crippen molar-refractivity contribution in [2.45, 2.75) is 97.4 Å². The van der Waals surface area contributed by atoms with Crippen molar-refractivity contribution in [1.82, 2.24) is 10.6 Å². The number of carbonyl (C=O) groups is 2. The number of hydrogen-bond acceptors (Lipinski definition) is 5. The molecular formula is C27H43N3O3. The van der Waals surface area contributed by atoms with Gasteiger partial charge < -0.3 is 10.6 Å². The molecule has 0 aromatic heterocycles. The average molecular weight is 458 g/mol. The Bertz CT molecular complexity index is 806. The second kappa shape index (κ2) is 8.98. The summed E-state index contributed by atoms with van der Waals surface area (Å²) >= 11 is 0. The van der Waals surface area contributed by atoms with Crippen LogP contribution in [0.5, 0.6) is 0 Å². The minimum atomic E-state index is -0.440. The topological polar surface area (TPSA) is 79.8 Å². The quantitative estimate of drug-likeness (QED) is 0.351. The molecule has 2 N–H and O–H groups in total. The molecule has 1 amide bonds. The summed E-state index contributed by atoms with van der Waals surface area (Å²) in [5.74, 6) is 3.77. The SMILES string of the molecule is C/C(=N\OC(=O)NCC1CCCN1)[C@H]1CC[C@H]2[C@@H]3CC[C@H]4CC(=O)CC[C@]4(C)[C@H]3CC[C@]12C. The molecule has 5 rings (SSSR count). The summed E-state index contributed by atoms with van der Waals surface area (Å²) in [4.78, 5) is 29.6. The van der Waals surface area contributed by atoms with E-state index in [0.717, 1.165) is 62.1 Å². The first-order valence-electron chi connectivity index (χ1n) is 13.6. The van der Waals surface area contributed by atoms with Crippen molar-refractivity contribution in [3.05, 3.63) is 0 Å². The molecule has 5 aliphatic rings. The van der Waals surface area contributed by atoms with Crippen LogP contribution in [0.15, 0.2) is 5.16 Å². The predicted octanol–water partition coefficient (Wildman–Crippen LogP) is 5.07. The molecule has 1 unspecified atom stereocenters. The first kappa shape index (κ1) is 23.3. The van der Waals surface area contributed by atoms with Gasteiger partial charge in [-0.05, 0) is 106 Å². The molecule has 0 aromatic rings. The Kier molecular flexibility index (Phi) is 6.34. The molecule has 0 radical (unpaired) electrons. The highest BCUT2D eigenvalue weighted by Gasteiger charge is 2.60. The highest BCUT2D eigenvalue weighted by atomic mass is 16.7. The normalized spacial score (nSPS) is 45.2. The van der Waals surface area contributed by atoms with Crippen molar-refractivity contribution in [2.75, 3.05) is 13.1 Å². The number of nitrogens with one attached hydrogen (secondary N) is 2. The minimum Gasteiger partial charge on any atom is -0.318 e. The van der Waals surface area contributed by atoms with Crippen molar-refractivity contribution < 1.29 is 14.4 Å². The molecule has 4 aliphatic carbocycles. The molecule has 0 bridgehead atoms. The third-order valence-electron chi connectivity index (χ3n) is 10.9. The average Bonchev–Trinajstić information content (AvgIpc) is 3.44. The zero-order chi connectivity index (χ0) is 23.2. The Balaban J connectivity index is 1.22. The molecule has 33 heavy (non-hydrogen) atoms. The van der Waals surface area contributed by atoms with Crippen molar-refractivity contribution in [2.24, 2.45) is 45.6 Å². The summed E-state index contributed by atoms with van der Waals surface area (Å²) in [7, 11) is 0. The number of oxime groups is 1. The van der Waals surface area contributed by atoms with Gasteiger partial charge in [0, 0.05) is 31.3 Å². The van der Waals surface area contributed by atoms with Gasteiger partial charge in [0.15, 0.2) is 0 Å². The largest absolute Gasteiger partial charge is 0.433 e. The second-order valence-corrected chi connectivity index (χ2v) is 12.4. The monoisotopic (exact) mass is 457 g/mol. The number of rotatable bonds is 4. The van der Waals surface area contributed by atoms with Gasteiger partial charge in [-0.3, -0.25) is 9.63 Å². The summed E-state index contributed by atoms with van der Waals surface area (Å²) in [5, 5.41) is 10.6. The molecule has 6 heteroatoms. The molecule has 1 heterocycles. The fourth-order valence-corrected chi connectivity index (χ4v) is 9.08. The predicted molar refractivity (Wildman–Crippen MR) is 129 cm³/mol. The molecule has 4 saturated carbocycles. The number of fused-ring (bicyclic) bond motifs is 5. The van der Waals surface area contributed by atoms with Crippen LogP contribution in [0.25, 0.3) is 0 Å². The fourth-order valence-electron chi connectivity index (χ4n) is 9.08. The number of hydrogen-bond donors (Lipinski definition) is 2. The van der Waals surface area contributed by atoms with E-state index < -0.39 is 6.09 Å². The van der Waals surface area contributed by atoms with Crippen LogP contribution in [0.4, 0.5) is 4.79 Å². The molecule has 184 valence electrons. The van der Waals surface area contributed by atoms with E-state index in [1.54, 1.807) is 0 Å². The van der Waals surface area contributed by atoms with Crippen molar-refractivity contribution >= 4 is 17.6 Å². The third kappa shape index (κ3) is 4.15. The summed E-state index contributed by atoms with van der Waals surface area (Å²) in [6.45, 7) is 8.68. The van der Waals surface area contributed by atoms with E-state index in [4.69, 9.17) is 4.84 Å². The van der Waals surface area contributed by atoms with E-state index in [-0.39, 0.29) is 5.41 Å². The van der Waals surface area contributed by atoms with Gasteiger partial charge in [-0.25, -0.2) is 4.79 Å². The van der Waals surface area contributed by atoms with Gasteiger partial charge >= 0.3 is 6.09 Å². The summed E-state index contributed by atoms with van der Waals surface area (Å²) in [6.07, 6.45) is 12.0. The van der Waals surface area contributed by atoms with E-state index in [1.807, 2.05) is 0 Å². The fraction of sp³-hybridized carbons (Fsp3) is 0.889. The summed E-state index contributed by atoms with van der Waals surface area (Å²) < 4.78 is 0. The lowest BCUT2D eigenvalue weighted by atomic mass is 9.44. The lowest BCUT2D eigenvalue weighted by Gasteiger charge is -2.60. The van der Waals surface area contributed by atoms with Crippen LogP contribution in [0, 0.1) is 40.4 Å². The van der Waals surface area contributed by atoms with Gasteiger partial charge in [0.05, 0.1) is 5.71 Å². The maximum Gasteiger partial charge on any atom is 0.433 e. The number of amides is 1. The first-order chi connectivity index (χ1) is 15.8. The third-order valence-corrected chi connectivity index (χ3v) is 10.9. The Labute approximate surface area is 199 Å². The standard InChI is InChI=1S/C27H43N3O3/c1-17(30-33-25(32)29-16-19-5-4-14-28-19)22-8-9-23-21-7-6-18-15-20(31)10-12-26(18,2)24(21)11-13-27(22,23)3/h18-19,21-24,28H,4-16H2,1-3H3,(H,29,32)/b30-17+/t18-,19?,21-,22+,23-,24-,26-,27+/m0/s1. The Morgan fingerprint density at radius 2 is 1.91 bits per heavy atom. The van der Waals surface area contributed by atoms with Crippen LogP contribution in [0.1, 0.15) is 91.4 Å². The molecule has 0 aromatic carbocycles. The smallest absolute Gasteiger partial charge is 0.318 e. The molecule has 1 aliphatic heterocycles. The van der Waals surface area contributed by atoms with Gasteiger partial charge in [-0.2, -0.15) is 0 Å². The zero-order valence-electron chi connectivity index (χ0n) is 20.8. The van der Waals surface area contributed by atoms with Gasteiger partial charge in [0.1, 0.15) is 5.78 Å². The van der Waals surface area contributed by atoms with E-state index in [2.05, 4.69) is 36.6 Å². The van der Waals surface area contributed by atoms with E-state index in [0.29, 0.717) is 35.6 Å². The van der Waals surface area contributed by atoms with Gasteiger partial charge in [0.25, 0.3) is 0 Å². The molecule has 6 nitrogen and oxygen atoms in total. The molecule has 8 atom stereocenters. The van der Waals surface area contributed by atoms with Crippen LogP contribution < -0.4 is 10.6 Å².